The van der Waals surface area contributed by atoms with Crippen LogP contribution in [0.2, 0.25) is 0 Å². The summed E-state index contributed by atoms with van der Waals surface area (Å²) in [4.78, 5) is 24.6. The third-order valence-electron chi connectivity index (χ3n) is 5.59. The van der Waals surface area contributed by atoms with E-state index < -0.39 is 5.60 Å². The molecule has 0 saturated heterocycles. The number of amides is 2. The molecule has 0 spiro atoms. The van der Waals surface area contributed by atoms with E-state index in [1.807, 2.05) is 24.4 Å². The summed E-state index contributed by atoms with van der Waals surface area (Å²) in [6, 6.07) is 5.66. The number of rotatable bonds is 6. The standard InChI is InChI=1S/C20H28N4O3/c1-19(2,27)10-17(25)21-11-13-9-16(20(13,3)4)23-18(26)14-12-22-24-8-6-5-7-15(14)24/h5-8,12-13,16,27H,9-11H2,1-4H3,(H,21,25)(H,23,26). The third-order valence-corrected chi connectivity index (χ3v) is 5.59. The minimum absolute atomic E-state index is 0.0415. The topological polar surface area (TPSA) is 95.7 Å². The van der Waals surface area contributed by atoms with Crippen LogP contribution in [-0.4, -0.2) is 44.7 Å². The highest BCUT2D eigenvalue weighted by atomic mass is 16.3. The molecule has 146 valence electrons. The Hall–Kier alpha value is -2.41. The largest absolute Gasteiger partial charge is 0.390 e. The molecule has 2 aromatic rings. The molecule has 2 unspecified atom stereocenters. The first-order chi connectivity index (χ1) is 12.6. The lowest BCUT2D eigenvalue weighted by Gasteiger charge is -2.52. The summed E-state index contributed by atoms with van der Waals surface area (Å²) in [5.41, 5.74) is 0.209. The Morgan fingerprint density at radius 3 is 2.78 bits per heavy atom. The zero-order valence-corrected chi connectivity index (χ0v) is 16.3. The monoisotopic (exact) mass is 372 g/mol. The van der Waals surface area contributed by atoms with Gasteiger partial charge in [0, 0.05) is 18.8 Å². The maximum atomic E-state index is 12.7. The van der Waals surface area contributed by atoms with Gasteiger partial charge in [-0.3, -0.25) is 9.59 Å². The summed E-state index contributed by atoms with van der Waals surface area (Å²) in [5.74, 6) is -0.00612. The first-order valence-electron chi connectivity index (χ1n) is 9.30. The lowest BCUT2D eigenvalue weighted by Crippen LogP contribution is -2.60. The molecule has 1 aliphatic rings. The highest BCUT2D eigenvalue weighted by Crippen LogP contribution is 2.46. The Labute approximate surface area is 159 Å². The summed E-state index contributed by atoms with van der Waals surface area (Å²) in [6.45, 7) is 7.98. The van der Waals surface area contributed by atoms with E-state index in [2.05, 4.69) is 29.6 Å². The van der Waals surface area contributed by atoms with Gasteiger partial charge in [0.2, 0.25) is 5.91 Å². The Morgan fingerprint density at radius 2 is 2.11 bits per heavy atom. The zero-order valence-electron chi connectivity index (χ0n) is 16.3. The van der Waals surface area contributed by atoms with Crippen molar-refractivity contribution in [2.75, 3.05) is 6.54 Å². The minimum Gasteiger partial charge on any atom is -0.390 e. The van der Waals surface area contributed by atoms with Gasteiger partial charge in [-0.05, 0) is 43.7 Å². The van der Waals surface area contributed by atoms with Gasteiger partial charge in [-0.1, -0.05) is 19.9 Å². The molecule has 1 saturated carbocycles. The average Bonchev–Trinajstić information content (AvgIpc) is 2.99. The molecule has 7 nitrogen and oxygen atoms in total. The molecule has 7 heteroatoms. The molecule has 0 aliphatic heterocycles. The SMILES string of the molecule is CC(C)(O)CC(=O)NCC1CC(NC(=O)c2cnn3ccccc23)C1(C)C. The van der Waals surface area contributed by atoms with E-state index in [0.717, 1.165) is 11.9 Å². The Kier molecular flexibility index (Phi) is 4.99. The molecule has 2 amide bonds. The summed E-state index contributed by atoms with van der Waals surface area (Å²) in [6.07, 6.45) is 4.28. The number of hydrogen-bond acceptors (Lipinski definition) is 4. The predicted molar refractivity (Wildman–Crippen MR) is 102 cm³/mol. The molecule has 3 N–H and O–H groups in total. The Bertz CT molecular complexity index is 850. The molecule has 27 heavy (non-hydrogen) atoms. The third kappa shape index (κ3) is 4.13. The Balaban J connectivity index is 1.55. The van der Waals surface area contributed by atoms with Crippen molar-refractivity contribution in [1.29, 1.82) is 0 Å². The van der Waals surface area contributed by atoms with Gasteiger partial charge >= 0.3 is 0 Å². The summed E-state index contributed by atoms with van der Waals surface area (Å²) < 4.78 is 1.68. The van der Waals surface area contributed by atoms with E-state index in [0.29, 0.717) is 12.1 Å². The second-order valence-corrected chi connectivity index (χ2v) is 8.66. The first kappa shape index (κ1) is 19.4. The van der Waals surface area contributed by atoms with Gasteiger partial charge in [0.15, 0.2) is 0 Å². The van der Waals surface area contributed by atoms with Crippen LogP contribution in [0.15, 0.2) is 30.6 Å². The number of nitrogens with zero attached hydrogens (tertiary/aromatic N) is 2. The maximum Gasteiger partial charge on any atom is 0.255 e. The van der Waals surface area contributed by atoms with Crippen LogP contribution in [0.4, 0.5) is 0 Å². The number of fused-ring (bicyclic) bond motifs is 1. The number of nitrogens with one attached hydrogen (secondary N) is 2. The lowest BCUT2D eigenvalue weighted by atomic mass is 9.58. The van der Waals surface area contributed by atoms with E-state index in [-0.39, 0.29) is 35.6 Å². The van der Waals surface area contributed by atoms with Crippen molar-refractivity contribution in [3.05, 3.63) is 36.2 Å². The van der Waals surface area contributed by atoms with Gasteiger partial charge in [0.05, 0.1) is 29.3 Å². The van der Waals surface area contributed by atoms with Crippen molar-refractivity contribution in [3.8, 4) is 0 Å². The van der Waals surface area contributed by atoms with Crippen molar-refractivity contribution >= 4 is 17.3 Å². The quantitative estimate of drug-likeness (QED) is 0.720. The second-order valence-electron chi connectivity index (χ2n) is 8.66. The molecule has 2 aromatic heterocycles. The van der Waals surface area contributed by atoms with Gasteiger partial charge < -0.3 is 15.7 Å². The smallest absolute Gasteiger partial charge is 0.255 e. The maximum absolute atomic E-state index is 12.7. The van der Waals surface area contributed by atoms with Gasteiger partial charge in [-0.25, -0.2) is 4.52 Å². The van der Waals surface area contributed by atoms with E-state index in [1.165, 1.54) is 0 Å². The van der Waals surface area contributed by atoms with E-state index >= 15 is 0 Å². The fourth-order valence-corrected chi connectivity index (χ4v) is 3.65. The van der Waals surface area contributed by atoms with Crippen LogP contribution in [0, 0.1) is 11.3 Å². The molecule has 1 aliphatic carbocycles. The summed E-state index contributed by atoms with van der Waals surface area (Å²) in [5, 5.41) is 19.9. The van der Waals surface area contributed by atoms with Crippen molar-refractivity contribution in [3.63, 3.8) is 0 Å². The predicted octanol–water partition coefficient (Wildman–Crippen LogP) is 1.76. The van der Waals surface area contributed by atoms with Gasteiger partial charge in [-0.15, -0.1) is 0 Å². The number of carbonyl (C=O) groups excluding carboxylic acids is 2. The number of aliphatic hydroxyl groups is 1. The van der Waals surface area contributed by atoms with Crippen LogP contribution >= 0.6 is 0 Å². The van der Waals surface area contributed by atoms with Crippen molar-refractivity contribution in [1.82, 2.24) is 20.2 Å². The van der Waals surface area contributed by atoms with Crippen molar-refractivity contribution in [2.24, 2.45) is 11.3 Å². The highest BCUT2D eigenvalue weighted by molar-refractivity contribution is 6.00. The molecule has 0 radical (unpaired) electrons. The minimum atomic E-state index is -1.01. The number of pyridine rings is 1. The molecular weight excluding hydrogens is 344 g/mol. The number of aromatic nitrogens is 2. The molecule has 2 atom stereocenters. The summed E-state index contributed by atoms with van der Waals surface area (Å²) in [7, 11) is 0. The fraction of sp³-hybridized carbons (Fsp3) is 0.550. The number of carbonyl (C=O) groups is 2. The van der Waals surface area contributed by atoms with Gasteiger partial charge in [0.1, 0.15) is 0 Å². The van der Waals surface area contributed by atoms with Crippen LogP contribution in [0.1, 0.15) is 50.9 Å². The molecule has 0 aromatic carbocycles. The van der Waals surface area contributed by atoms with E-state index in [4.69, 9.17) is 0 Å². The fourth-order valence-electron chi connectivity index (χ4n) is 3.65. The van der Waals surface area contributed by atoms with Crippen LogP contribution in [0.5, 0.6) is 0 Å². The highest BCUT2D eigenvalue weighted by Gasteiger charge is 2.48. The van der Waals surface area contributed by atoms with Crippen molar-refractivity contribution < 1.29 is 14.7 Å². The molecule has 3 rings (SSSR count). The lowest BCUT2D eigenvalue weighted by molar-refractivity contribution is -0.125. The van der Waals surface area contributed by atoms with Gasteiger partial charge in [-0.2, -0.15) is 5.10 Å². The van der Waals surface area contributed by atoms with E-state index in [9.17, 15) is 14.7 Å². The average molecular weight is 372 g/mol. The molecule has 1 fully saturated rings. The number of hydrogen-bond donors (Lipinski definition) is 3. The molecule has 2 heterocycles. The van der Waals surface area contributed by atoms with E-state index in [1.54, 1.807) is 24.6 Å². The summed E-state index contributed by atoms with van der Waals surface area (Å²) >= 11 is 0. The normalized spacial score (nSPS) is 21.5. The zero-order chi connectivity index (χ0) is 19.8. The van der Waals surface area contributed by atoms with Crippen LogP contribution in [-0.2, 0) is 4.79 Å². The Morgan fingerprint density at radius 1 is 1.37 bits per heavy atom. The van der Waals surface area contributed by atoms with Crippen LogP contribution < -0.4 is 10.6 Å². The second kappa shape index (κ2) is 6.96. The first-order valence-corrected chi connectivity index (χ1v) is 9.30. The molecule has 0 bridgehead atoms. The van der Waals surface area contributed by atoms with Gasteiger partial charge in [0.25, 0.3) is 5.91 Å². The van der Waals surface area contributed by atoms with Crippen molar-refractivity contribution in [2.45, 2.75) is 52.2 Å². The van der Waals surface area contributed by atoms with Crippen LogP contribution in [0.25, 0.3) is 5.52 Å². The molecular formula is C20H28N4O3. The van der Waals surface area contributed by atoms with Crippen LogP contribution in [0.3, 0.4) is 0 Å².